The summed E-state index contributed by atoms with van der Waals surface area (Å²) in [7, 11) is 1.71. The van der Waals surface area contributed by atoms with Crippen molar-refractivity contribution in [2.45, 2.75) is 26.3 Å². The lowest BCUT2D eigenvalue weighted by Crippen LogP contribution is -3.11. The van der Waals surface area contributed by atoms with Crippen LogP contribution in [0.3, 0.4) is 0 Å². The van der Waals surface area contributed by atoms with Crippen molar-refractivity contribution in [1.82, 2.24) is 5.32 Å². The number of nitrogens with one attached hydrogen (secondary N) is 3. The van der Waals surface area contributed by atoms with Crippen LogP contribution in [0.5, 0.6) is 0 Å². The van der Waals surface area contributed by atoms with Crippen molar-refractivity contribution in [1.29, 1.82) is 5.26 Å². The van der Waals surface area contributed by atoms with Gasteiger partial charge in [0.15, 0.2) is 13.1 Å². The third-order valence-electron chi connectivity index (χ3n) is 3.84. The number of halogens is 1. The summed E-state index contributed by atoms with van der Waals surface area (Å²) in [6.45, 7) is 5.54. The van der Waals surface area contributed by atoms with Gasteiger partial charge in [0.25, 0.3) is 11.8 Å². The smallest absolute Gasteiger partial charge is 0.279 e. The number of quaternary nitrogens is 1. The predicted molar refractivity (Wildman–Crippen MR) is 88.6 cm³/mol. The third-order valence-corrected chi connectivity index (χ3v) is 3.84. The molecule has 1 aromatic carbocycles. The van der Waals surface area contributed by atoms with Gasteiger partial charge in [0.05, 0.1) is 13.1 Å². The molecule has 2 atom stereocenters. The molecule has 0 saturated heterocycles. The number of benzene rings is 1. The summed E-state index contributed by atoms with van der Waals surface area (Å²) in [5, 5.41) is 14.6. The number of hydrogen-bond donors (Lipinski definition) is 3. The molecule has 0 aromatic heterocycles. The second-order valence-corrected chi connectivity index (χ2v) is 6.38. The van der Waals surface area contributed by atoms with Gasteiger partial charge < -0.3 is 15.5 Å². The summed E-state index contributed by atoms with van der Waals surface area (Å²) < 4.78 is 12.8. The van der Waals surface area contributed by atoms with Gasteiger partial charge in [0.2, 0.25) is 0 Å². The molecule has 24 heavy (non-hydrogen) atoms. The Balaban J connectivity index is 2.49. The monoisotopic (exact) mass is 335 g/mol. The van der Waals surface area contributed by atoms with Crippen LogP contribution in [-0.2, 0) is 9.59 Å². The Kier molecular flexibility index (Phi) is 6.86. The number of hydrogen-bond acceptors (Lipinski definition) is 3. The highest BCUT2D eigenvalue weighted by molar-refractivity contribution is 5.91. The standard InChI is InChI=1S/C17H23FN4O2/c1-12(2)17(3,11-19)21-16(24)10-22(4)9-15(23)20-14-7-5-13(18)6-8-14/h5-8,12H,9-10H2,1-4H3,(H,20,23)(H,21,24)/p+1/t17-/m1/s1. The van der Waals surface area contributed by atoms with Crippen LogP contribution in [0.2, 0.25) is 0 Å². The van der Waals surface area contributed by atoms with Gasteiger partial charge in [0, 0.05) is 5.69 Å². The van der Waals surface area contributed by atoms with Crippen LogP contribution in [0.1, 0.15) is 20.8 Å². The molecule has 0 spiro atoms. The van der Waals surface area contributed by atoms with Crippen LogP contribution in [-0.4, -0.2) is 37.5 Å². The van der Waals surface area contributed by atoms with E-state index >= 15 is 0 Å². The fourth-order valence-electron chi connectivity index (χ4n) is 1.98. The Labute approximate surface area is 141 Å². The lowest BCUT2D eigenvalue weighted by atomic mass is 9.90. The third kappa shape index (κ3) is 5.97. The number of nitrogens with zero attached hydrogens (tertiary/aromatic N) is 1. The lowest BCUT2D eigenvalue weighted by molar-refractivity contribution is -0.862. The van der Waals surface area contributed by atoms with E-state index in [1.807, 2.05) is 13.8 Å². The summed E-state index contributed by atoms with van der Waals surface area (Å²) in [6.07, 6.45) is 0. The van der Waals surface area contributed by atoms with Crippen molar-refractivity contribution in [3.8, 4) is 6.07 Å². The fourth-order valence-corrected chi connectivity index (χ4v) is 1.98. The minimum absolute atomic E-state index is 0.0338. The van der Waals surface area contributed by atoms with E-state index in [4.69, 9.17) is 0 Å². The van der Waals surface area contributed by atoms with Crippen molar-refractivity contribution in [2.24, 2.45) is 5.92 Å². The number of anilines is 1. The summed E-state index contributed by atoms with van der Waals surface area (Å²) in [6, 6.07) is 7.56. The average molecular weight is 335 g/mol. The summed E-state index contributed by atoms with van der Waals surface area (Å²) in [5.74, 6) is -0.981. The quantitative estimate of drug-likeness (QED) is 0.671. The first-order chi connectivity index (χ1) is 11.2. The molecule has 0 radical (unpaired) electrons. The van der Waals surface area contributed by atoms with E-state index in [-0.39, 0.29) is 36.6 Å². The van der Waals surface area contributed by atoms with Gasteiger partial charge >= 0.3 is 0 Å². The number of carbonyl (C=O) groups is 2. The molecule has 0 aliphatic rings. The van der Waals surface area contributed by atoms with Crippen LogP contribution in [0.25, 0.3) is 0 Å². The van der Waals surface area contributed by atoms with E-state index in [1.165, 1.54) is 24.3 Å². The second kappa shape index (κ2) is 8.41. The summed E-state index contributed by atoms with van der Waals surface area (Å²) >= 11 is 0. The molecule has 0 heterocycles. The highest BCUT2D eigenvalue weighted by atomic mass is 19.1. The van der Waals surface area contributed by atoms with Crippen LogP contribution in [0, 0.1) is 23.1 Å². The van der Waals surface area contributed by atoms with E-state index in [0.29, 0.717) is 10.6 Å². The van der Waals surface area contributed by atoms with Gasteiger partial charge in [-0.2, -0.15) is 5.26 Å². The van der Waals surface area contributed by atoms with Gasteiger partial charge in [-0.1, -0.05) is 13.8 Å². The molecule has 3 N–H and O–H groups in total. The largest absolute Gasteiger partial charge is 0.333 e. The van der Waals surface area contributed by atoms with Crippen LogP contribution in [0.15, 0.2) is 24.3 Å². The Morgan fingerprint density at radius 1 is 1.25 bits per heavy atom. The first kappa shape index (κ1) is 19.6. The maximum Gasteiger partial charge on any atom is 0.279 e. The van der Waals surface area contributed by atoms with Crippen LogP contribution >= 0.6 is 0 Å². The Hall–Kier alpha value is -2.46. The first-order valence-corrected chi connectivity index (χ1v) is 7.75. The van der Waals surface area contributed by atoms with E-state index < -0.39 is 5.54 Å². The SMILES string of the molecule is CC(C)[C@@](C)(C#N)NC(=O)C[NH+](C)CC(=O)Nc1ccc(F)cc1. The molecule has 0 bridgehead atoms. The van der Waals surface area contributed by atoms with Crippen molar-refractivity contribution >= 4 is 17.5 Å². The Bertz CT molecular complexity index is 624. The van der Waals surface area contributed by atoms with E-state index in [1.54, 1.807) is 14.0 Å². The molecule has 6 nitrogen and oxygen atoms in total. The molecule has 1 aromatic rings. The molecule has 130 valence electrons. The van der Waals surface area contributed by atoms with Crippen LogP contribution < -0.4 is 15.5 Å². The maximum atomic E-state index is 12.8. The molecule has 7 heteroatoms. The number of rotatable bonds is 7. The highest BCUT2D eigenvalue weighted by Gasteiger charge is 2.31. The molecule has 0 aliphatic carbocycles. The molecule has 0 saturated carbocycles. The van der Waals surface area contributed by atoms with Gasteiger partial charge in [0.1, 0.15) is 11.4 Å². The summed E-state index contributed by atoms with van der Waals surface area (Å²) in [5.41, 5.74) is -0.441. The molecular weight excluding hydrogens is 311 g/mol. The molecule has 1 rings (SSSR count). The number of carbonyl (C=O) groups excluding carboxylic acids is 2. The Morgan fingerprint density at radius 2 is 1.79 bits per heavy atom. The average Bonchev–Trinajstić information content (AvgIpc) is 2.48. The lowest BCUT2D eigenvalue weighted by Gasteiger charge is -2.27. The zero-order valence-electron chi connectivity index (χ0n) is 14.4. The molecule has 0 fully saturated rings. The van der Waals surface area contributed by atoms with E-state index in [0.717, 1.165) is 0 Å². The number of amides is 2. The van der Waals surface area contributed by atoms with Gasteiger partial charge in [-0.3, -0.25) is 9.59 Å². The maximum absolute atomic E-state index is 12.8. The molecule has 1 unspecified atom stereocenters. The Morgan fingerprint density at radius 3 is 2.29 bits per heavy atom. The van der Waals surface area contributed by atoms with Crippen molar-refractivity contribution in [3.63, 3.8) is 0 Å². The van der Waals surface area contributed by atoms with Crippen molar-refractivity contribution in [2.75, 3.05) is 25.5 Å². The minimum atomic E-state index is -0.937. The van der Waals surface area contributed by atoms with Crippen LogP contribution in [0.4, 0.5) is 10.1 Å². The first-order valence-electron chi connectivity index (χ1n) is 7.75. The highest BCUT2D eigenvalue weighted by Crippen LogP contribution is 2.14. The van der Waals surface area contributed by atoms with Gasteiger partial charge in [-0.15, -0.1) is 0 Å². The predicted octanol–water partition coefficient (Wildman–Crippen LogP) is 0.333. The topological polar surface area (TPSA) is 86.4 Å². The number of nitriles is 1. The summed E-state index contributed by atoms with van der Waals surface area (Å²) in [4.78, 5) is 24.7. The van der Waals surface area contributed by atoms with Gasteiger partial charge in [-0.05, 0) is 37.1 Å². The second-order valence-electron chi connectivity index (χ2n) is 6.38. The van der Waals surface area contributed by atoms with Crippen molar-refractivity contribution in [3.05, 3.63) is 30.1 Å². The number of likely N-dealkylation sites (N-methyl/N-ethyl adjacent to an activating group) is 1. The fraction of sp³-hybridized carbons (Fsp3) is 0.471. The molecule has 2 amide bonds. The molecular formula is C17H24FN4O2+. The minimum Gasteiger partial charge on any atom is -0.333 e. The normalized spacial score (nSPS) is 14.4. The zero-order chi connectivity index (χ0) is 18.3. The molecule has 0 aliphatic heterocycles. The van der Waals surface area contributed by atoms with Crippen molar-refractivity contribution < 1.29 is 18.9 Å². The van der Waals surface area contributed by atoms with Gasteiger partial charge in [-0.25, -0.2) is 4.39 Å². The van der Waals surface area contributed by atoms with E-state index in [2.05, 4.69) is 16.7 Å². The zero-order valence-corrected chi connectivity index (χ0v) is 14.4. The van der Waals surface area contributed by atoms with E-state index in [9.17, 15) is 19.2 Å².